The third-order valence-electron chi connectivity index (χ3n) is 5.79. The molecule has 0 bridgehead atoms. The first kappa shape index (κ1) is 22.8. The van der Waals surface area contributed by atoms with E-state index in [1.54, 1.807) is 0 Å². The summed E-state index contributed by atoms with van der Waals surface area (Å²) >= 11 is 0. The average Bonchev–Trinajstić information content (AvgIpc) is 3.26. The summed E-state index contributed by atoms with van der Waals surface area (Å²) in [6.45, 7) is 17.1. The zero-order valence-corrected chi connectivity index (χ0v) is 19.0. The highest BCUT2D eigenvalue weighted by Gasteiger charge is 2.19. The van der Waals surface area contributed by atoms with Gasteiger partial charge in [0.05, 0.1) is 19.8 Å². The Morgan fingerprint density at radius 2 is 1.97 bits per heavy atom. The lowest BCUT2D eigenvalue weighted by atomic mass is 10.1. The molecule has 0 aromatic heterocycles. The number of likely N-dealkylation sites (N-methyl/N-ethyl adjacent to an activating group) is 1. The number of aliphatic imine (C=N–C) groups is 1. The van der Waals surface area contributed by atoms with Gasteiger partial charge in [0.2, 0.25) is 0 Å². The first-order chi connectivity index (χ1) is 14.7. The van der Waals surface area contributed by atoms with Crippen molar-refractivity contribution in [1.29, 1.82) is 0 Å². The molecule has 0 saturated carbocycles. The second kappa shape index (κ2) is 12.1. The first-order valence-electron chi connectivity index (χ1n) is 11.5. The molecule has 0 aliphatic carbocycles. The van der Waals surface area contributed by atoms with E-state index in [1.165, 1.54) is 18.7 Å². The number of guanidine groups is 1. The van der Waals surface area contributed by atoms with Crippen molar-refractivity contribution in [3.63, 3.8) is 0 Å². The SMILES string of the molecule is CCNC(=NCc1ccc(C)cc1OC1CCOC1)NCCN1CCN(CC)CC1. The highest BCUT2D eigenvalue weighted by Crippen LogP contribution is 2.24. The fourth-order valence-corrected chi connectivity index (χ4v) is 3.86. The minimum Gasteiger partial charge on any atom is -0.488 e. The number of hydrogen-bond acceptors (Lipinski definition) is 5. The molecule has 1 aromatic carbocycles. The molecule has 2 heterocycles. The number of benzene rings is 1. The number of rotatable bonds is 9. The van der Waals surface area contributed by atoms with Crippen LogP contribution in [0.25, 0.3) is 0 Å². The van der Waals surface area contributed by atoms with Gasteiger partial charge in [-0.05, 0) is 32.0 Å². The number of ether oxygens (including phenoxy) is 2. The molecule has 1 unspecified atom stereocenters. The second-order valence-corrected chi connectivity index (χ2v) is 8.11. The van der Waals surface area contributed by atoms with Crippen LogP contribution in [-0.2, 0) is 11.3 Å². The predicted octanol–water partition coefficient (Wildman–Crippen LogP) is 1.86. The van der Waals surface area contributed by atoms with E-state index in [0.717, 1.165) is 69.6 Å². The van der Waals surface area contributed by atoms with Gasteiger partial charge in [0.15, 0.2) is 5.96 Å². The fraction of sp³-hybridized carbons (Fsp3) is 0.696. The molecule has 7 nitrogen and oxygen atoms in total. The molecule has 2 N–H and O–H groups in total. The maximum absolute atomic E-state index is 6.21. The van der Waals surface area contributed by atoms with Crippen molar-refractivity contribution in [3.05, 3.63) is 29.3 Å². The van der Waals surface area contributed by atoms with Crippen molar-refractivity contribution in [2.75, 3.05) is 65.6 Å². The van der Waals surface area contributed by atoms with E-state index in [9.17, 15) is 0 Å². The quantitative estimate of drug-likeness (QED) is 0.472. The summed E-state index contributed by atoms with van der Waals surface area (Å²) in [5.74, 6) is 1.79. The van der Waals surface area contributed by atoms with Gasteiger partial charge in [-0.15, -0.1) is 0 Å². The molecular weight excluding hydrogens is 378 g/mol. The summed E-state index contributed by atoms with van der Waals surface area (Å²) < 4.78 is 11.7. The number of aryl methyl sites for hydroxylation is 1. The maximum atomic E-state index is 6.21. The lowest BCUT2D eigenvalue weighted by molar-refractivity contribution is 0.139. The van der Waals surface area contributed by atoms with Crippen LogP contribution in [-0.4, -0.2) is 87.4 Å². The first-order valence-corrected chi connectivity index (χ1v) is 11.5. The Balaban J connectivity index is 1.52. The van der Waals surface area contributed by atoms with Gasteiger partial charge >= 0.3 is 0 Å². The lowest BCUT2D eigenvalue weighted by Crippen LogP contribution is -2.49. The molecule has 7 heteroatoms. The minimum absolute atomic E-state index is 0.147. The van der Waals surface area contributed by atoms with Crippen molar-refractivity contribution < 1.29 is 9.47 Å². The number of hydrogen-bond donors (Lipinski definition) is 2. The van der Waals surface area contributed by atoms with Crippen LogP contribution in [0.2, 0.25) is 0 Å². The number of piperazine rings is 1. The maximum Gasteiger partial charge on any atom is 0.191 e. The Labute approximate surface area is 181 Å². The number of nitrogens with zero attached hydrogens (tertiary/aromatic N) is 3. The molecule has 1 aromatic rings. The third kappa shape index (κ3) is 7.15. The lowest BCUT2D eigenvalue weighted by Gasteiger charge is -2.34. The van der Waals surface area contributed by atoms with Gasteiger partial charge < -0.3 is 25.0 Å². The summed E-state index contributed by atoms with van der Waals surface area (Å²) in [5.41, 5.74) is 2.31. The van der Waals surface area contributed by atoms with Crippen molar-refractivity contribution in [3.8, 4) is 5.75 Å². The van der Waals surface area contributed by atoms with Crippen molar-refractivity contribution in [2.24, 2.45) is 4.99 Å². The van der Waals surface area contributed by atoms with E-state index < -0.39 is 0 Å². The van der Waals surface area contributed by atoms with Crippen LogP contribution in [0.4, 0.5) is 0 Å². The monoisotopic (exact) mass is 417 g/mol. The molecule has 30 heavy (non-hydrogen) atoms. The highest BCUT2D eigenvalue weighted by atomic mass is 16.5. The Hall–Kier alpha value is -1.83. The molecule has 168 valence electrons. The largest absolute Gasteiger partial charge is 0.488 e. The Morgan fingerprint density at radius 1 is 1.17 bits per heavy atom. The van der Waals surface area contributed by atoms with Crippen LogP contribution in [0.5, 0.6) is 5.75 Å². The number of nitrogens with one attached hydrogen (secondary N) is 2. The van der Waals surface area contributed by atoms with E-state index in [0.29, 0.717) is 13.2 Å². The van der Waals surface area contributed by atoms with Gasteiger partial charge in [-0.2, -0.15) is 0 Å². The van der Waals surface area contributed by atoms with Crippen molar-refractivity contribution in [2.45, 2.75) is 39.8 Å². The second-order valence-electron chi connectivity index (χ2n) is 8.11. The summed E-state index contributed by atoms with van der Waals surface area (Å²) in [6.07, 6.45) is 1.10. The topological polar surface area (TPSA) is 61.4 Å². The van der Waals surface area contributed by atoms with Crippen LogP contribution in [0.15, 0.2) is 23.2 Å². The zero-order valence-electron chi connectivity index (χ0n) is 19.0. The molecule has 1 atom stereocenters. The van der Waals surface area contributed by atoms with Gasteiger partial charge in [-0.25, -0.2) is 4.99 Å². The van der Waals surface area contributed by atoms with Crippen LogP contribution < -0.4 is 15.4 Å². The van der Waals surface area contributed by atoms with Gasteiger partial charge in [0.1, 0.15) is 11.9 Å². The molecule has 0 amide bonds. The van der Waals surface area contributed by atoms with Crippen LogP contribution in [0.1, 0.15) is 31.4 Å². The minimum atomic E-state index is 0.147. The molecule has 2 fully saturated rings. The zero-order chi connectivity index (χ0) is 21.2. The summed E-state index contributed by atoms with van der Waals surface area (Å²) in [5, 5.41) is 6.85. The highest BCUT2D eigenvalue weighted by molar-refractivity contribution is 5.79. The average molecular weight is 418 g/mol. The predicted molar refractivity (Wildman–Crippen MR) is 122 cm³/mol. The Morgan fingerprint density at radius 3 is 2.67 bits per heavy atom. The van der Waals surface area contributed by atoms with E-state index in [-0.39, 0.29) is 6.10 Å². The standard InChI is InChI=1S/C23H39N5O2/c1-4-24-23(25-9-10-28-13-11-27(5-2)12-14-28)26-17-20-7-6-19(3)16-22(20)30-21-8-15-29-18-21/h6-7,16,21H,4-5,8-15,17-18H2,1-3H3,(H2,24,25,26). The molecule has 2 aliphatic heterocycles. The van der Waals surface area contributed by atoms with Crippen molar-refractivity contribution in [1.82, 2.24) is 20.4 Å². The Kier molecular flexibility index (Phi) is 9.24. The Bertz CT molecular complexity index is 668. The van der Waals surface area contributed by atoms with Crippen LogP contribution >= 0.6 is 0 Å². The normalized spacial score (nSPS) is 21.0. The molecule has 0 spiro atoms. The van der Waals surface area contributed by atoms with E-state index in [4.69, 9.17) is 14.5 Å². The summed E-state index contributed by atoms with van der Waals surface area (Å²) in [4.78, 5) is 9.85. The van der Waals surface area contributed by atoms with Gasteiger partial charge in [0, 0.05) is 57.8 Å². The van der Waals surface area contributed by atoms with Gasteiger partial charge in [-0.3, -0.25) is 4.90 Å². The third-order valence-corrected chi connectivity index (χ3v) is 5.79. The van der Waals surface area contributed by atoms with Gasteiger partial charge in [-0.1, -0.05) is 19.1 Å². The summed E-state index contributed by atoms with van der Waals surface area (Å²) in [7, 11) is 0. The smallest absolute Gasteiger partial charge is 0.191 e. The van der Waals surface area contributed by atoms with Crippen LogP contribution in [0.3, 0.4) is 0 Å². The van der Waals surface area contributed by atoms with E-state index in [1.807, 2.05) is 0 Å². The molecule has 0 radical (unpaired) electrons. The van der Waals surface area contributed by atoms with E-state index >= 15 is 0 Å². The van der Waals surface area contributed by atoms with Gasteiger partial charge in [0.25, 0.3) is 0 Å². The molecular formula is C23H39N5O2. The van der Waals surface area contributed by atoms with Crippen molar-refractivity contribution >= 4 is 5.96 Å². The fourth-order valence-electron chi connectivity index (χ4n) is 3.86. The van der Waals surface area contributed by atoms with Crippen LogP contribution in [0, 0.1) is 6.92 Å². The molecule has 3 rings (SSSR count). The molecule has 2 aliphatic rings. The molecule has 2 saturated heterocycles. The summed E-state index contributed by atoms with van der Waals surface area (Å²) in [6, 6.07) is 6.36. The van der Waals surface area contributed by atoms with E-state index in [2.05, 4.69) is 59.4 Å².